The van der Waals surface area contributed by atoms with E-state index in [0.717, 1.165) is 18.7 Å². The molecule has 1 aromatic carbocycles. The van der Waals surface area contributed by atoms with E-state index < -0.39 is 0 Å². The highest BCUT2D eigenvalue weighted by atomic mass is 19.1. The van der Waals surface area contributed by atoms with E-state index in [1.807, 2.05) is 6.07 Å². The molecule has 0 saturated carbocycles. The van der Waals surface area contributed by atoms with Crippen LogP contribution < -0.4 is 4.90 Å². The molecule has 2 heteroatoms. The van der Waals surface area contributed by atoms with Gasteiger partial charge in [0, 0.05) is 24.2 Å². The van der Waals surface area contributed by atoms with Crippen molar-refractivity contribution in [1.29, 1.82) is 0 Å². The van der Waals surface area contributed by atoms with Gasteiger partial charge >= 0.3 is 0 Å². The Morgan fingerprint density at radius 2 is 2.12 bits per heavy atom. The Kier molecular flexibility index (Phi) is 2.92. The molecule has 1 nitrogen and oxygen atoms in total. The molecule has 0 amide bonds. The molecule has 16 heavy (non-hydrogen) atoms. The Bertz CT molecular complexity index is 384. The molecule has 1 heterocycles. The lowest BCUT2D eigenvalue weighted by molar-refractivity contribution is 0.541. The Labute approximate surface area is 97.3 Å². The van der Waals surface area contributed by atoms with Crippen LogP contribution in [0.5, 0.6) is 0 Å². The van der Waals surface area contributed by atoms with Crippen molar-refractivity contribution in [2.45, 2.75) is 39.0 Å². The molecule has 0 N–H and O–H groups in total. The van der Waals surface area contributed by atoms with Crippen molar-refractivity contribution in [3.63, 3.8) is 0 Å². The normalized spacial score (nSPS) is 17.6. The summed E-state index contributed by atoms with van der Waals surface area (Å²) in [6.45, 7) is 8.67. The summed E-state index contributed by atoms with van der Waals surface area (Å²) in [7, 11) is 0. The summed E-state index contributed by atoms with van der Waals surface area (Å²) in [5.41, 5.74) is 2.45. The molecule has 0 aliphatic carbocycles. The molecule has 0 radical (unpaired) electrons. The van der Waals surface area contributed by atoms with Gasteiger partial charge in [0.15, 0.2) is 0 Å². The van der Waals surface area contributed by atoms with Gasteiger partial charge in [-0.05, 0) is 30.2 Å². The fraction of sp³-hybridized carbons (Fsp3) is 0.571. The number of fused-ring (bicyclic) bond motifs is 1. The lowest BCUT2D eigenvalue weighted by Gasteiger charge is -2.22. The van der Waals surface area contributed by atoms with Crippen molar-refractivity contribution in [1.82, 2.24) is 0 Å². The molecule has 0 fully saturated rings. The van der Waals surface area contributed by atoms with Gasteiger partial charge in [0.25, 0.3) is 0 Å². The van der Waals surface area contributed by atoms with E-state index in [-0.39, 0.29) is 11.2 Å². The van der Waals surface area contributed by atoms with Crippen molar-refractivity contribution in [2.75, 3.05) is 18.0 Å². The molecule has 0 atom stereocenters. The number of nitrogens with zero attached hydrogens (tertiary/aromatic N) is 1. The van der Waals surface area contributed by atoms with Gasteiger partial charge < -0.3 is 4.90 Å². The first-order valence-corrected chi connectivity index (χ1v) is 6.09. The summed E-state index contributed by atoms with van der Waals surface area (Å²) in [6.07, 6.45) is 2.40. The van der Waals surface area contributed by atoms with Crippen LogP contribution in [-0.4, -0.2) is 13.1 Å². The van der Waals surface area contributed by atoms with Crippen LogP contribution >= 0.6 is 0 Å². The van der Waals surface area contributed by atoms with Gasteiger partial charge in [0.1, 0.15) is 5.82 Å². The van der Waals surface area contributed by atoms with E-state index >= 15 is 0 Å². The average molecular weight is 221 g/mol. The number of hydrogen-bond acceptors (Lipinski definition) is 1. The summed E-state index contributed by atoms with van der Waals surface area (Å²) in [5, 5.41) is 0. The molecule has 0 bridgehead atoms. The van der Waals surface area contributed by atoms with Crippen molar-refractivity contribution in [3.05, 3.63) is 29.6 Å². The zero-order valence-electron chi connectivity index (χ0n) is 10.4. The zero-order chi connectivity index (χ0) is 11.8. The largest absolute Gasteiger partial charge is 0.370 e. The maximum Gasteiger partial charge on any atom is 0.123 e. The third kappa shape index (κ3) is 1.93. The molecule has 1 aliphatic rings. The van der Waals surface area contributed by atoms with E-state index in [0.29, 0.717) is 0 Å². The van der Waals surface area contributed by atoms with Crippen LogP contribution in [0.4, 0.5) is 10.1 Å². The van der Waals surface area contributed by atoms with Crippen molar-refractivity contribution in [2.24, 2.45) is 0 Å². The molecule has 0 spiro atoms. The van der Waals surface area contributed by atoms with Gasteiger partial charge in [-0.3, -0.25) is 0 Å². The van der Waals surface area contributed by atoms with Gasteiger partial charge in [0.2, 0.25) is 0 Å². The Hall–Kier alpha value is -1.05. The van der Waals surface area contributed by atoms with Gasteiger partial charge in [0.05, 0.1) is 0 Å². The molecule has 1 aromatic rings. The van der Waals surface area contributed by atoms with Crippen molar-refractivity contribution in [3.8, 4) is 0 Å². The number of unbranched alkanes of at least 4 members (excludes halogenated alkanes) is 1. The third-order valence-electron chi connectivity index (χ3n) is 3.40. The maximum absolute atomic E-state index is 13.3. The second-order valence-electron chi connectivity index (χ2n) is 5.32. The first-order chi connectivity index (χ1) is 7.54. The van der Waals surface area contributed by atoms with Crippen LogP contribution in [0.3, 0.4) is 0 Å². The standard InChI is InChI=1S/C14H20FN/c1-4-5-8-16-10-14(2,3)12-9-11(15)6-7-13(12)16/h6-7,9H,4-5,8,10H2,1-3H3. The number of rotatable bonds is 3. The van der Waals surface area contributed by atoms with Crippen molar-refractivity contribution >= 4 is 5.69 Å². The van der Waals surface area contributed by atoms with Crippen LogP contribution in [0.25, 0.3) is 0 Å². The zero-order valence-corrected chi connectivity index (χ0v) is 10.4. The molecule has 0 saturated heterocycles. The average Bonchev–Trinajstić information content (AvgIpc) is 2.48. The quantitative estimate of drug-likeness (QED) is 0.752. The number of halogens is 1. The van der Waals surface area contributed by atoms with Crippen LogP contribution in [0, 0.1) is 5.82 Å². The van der Waals surface area contributed by atoms with E-state index in [2.05, 4.69) is 25.7 Å². The van der Waals surface area contributed by atoms with Crippen LogP contribution in [-0.2, 0) is 5.41 Å². The van der Waals surface area contributed by atoms with E-state index in [1.54, 1.807) is 12.1 Å². The molecular formula is C14H20FN. The minimum absolute atomic E-state index is 0.0746. The van der Waals surface area contributed by atoms with E-state index in [1.165, 1.54) is 18.5 Å². The predicted octanol–water partition coefficient (Wildman–Crippen LogP) is 3.72. The first-order valence-electron chi connectivity index (χ1n) is 6.09. The maximum atomic E-state index is 13.3. The lowest BCUT2D eigenvalue weighted by atomic mass is 9.87. The fourth-order valence-corrected chi connectivity index (χ4v) is 2.52. The van der Waals surface area contributed by atoms with Gasteiger partial charge in [-0.2, -0.15) is 0 Å². The first kappa shape index (κ1) is 11.4. The molecular weight excluding hydrogens is 201 g/mol. The van der Waals surface area contributed by atoms with E-state index in [4.69, 9.17) is 0 Å². The Balaban J connectivity index is 2.31. The highest BCUT2D eigenvalue weighted by Crippen LogP contribution is 2.40. The van der Waals surface area contributed by atoms with Crippen molar-refractivity contribution < 1.29 is 4.39 Å². The number of benzene rings is 1. The Morgan fingerprint density at radius 1 is 1.38 bits per heavy atom. The summed E-state index contributed by atoms with van der Waals surface area (Å²) in [4.78, 5) is 2.39. The monoisotopic (exact) mass is 221 g/mol. The molecule has 2 rings (SSSR count). The molecule has 0 aromatic heterocycles. The Morgan fingerprint density at radius 3 is 2.81 bits per heavy atom. The third-order valence-corrected chi connectivity index (χ3v) is 3.40. The van der Waals surface area contributed by atoms with Crippen LogP contribution in [0.1, 0.15) is 39.2 Å². The highest BCUT2D eigenvalue weighted by Gasteiger charge is 2.34. The highest BCUT2D eigenvalue weighted by molar-refractivity contribution is 5.62. The van der Waals surface area contributed by atoms with Gasteiger partial charge in [-0.15, -0.1) is 0 Å². The minimum atomic E-state index is -0.121. The minimum Gasteiger partial charge on any atom is -0.370 e. The van der Waals surface area contributed by atoms with Gasteiger partial charge in [-0.1, -0.05) is 27.2 Å². The second kappa shape index (κ2) is 4.08. The van der Waals surface area contributed by atoms with Crippen LogP contribution in [0.2, 0.25) is 0 Å². The molecule has 88 valence electrons. The summed E-state index contributed by atoms with van der Waals surface area (Å²) >= 11 is 0. The predicted molar refractivity (Wildman–Crippen MR) is 66.5 cm³/mol. The molecule has 0 unspecified atom stereocenters. The van der Waals surface area contributed by atoms with Crippen LogP contribution in [0.15, 0.2) is 18.2 Å². The van der Waals surface area contributed by atoms with E-state index in [9.17, 15) is 4.39 Å². The SMILES string of the molecule is CCCCN1CC(C)(C)c2cc(F)ccc21. The molecule has 1 aliphatic heterocycles. The summed E-state index contributed by atoms with van der Waals surface area (Å²) in [6, 6.07) is 5.19. The number of anilines is 1. The summed E-state index contributed by atoms with van der Waals surface area (Å²) in [5.74, 6) is -0.121. The topological polar surface area (TPSA) is 3.24 Å². The van der Waals surface area contributed by atoms with Gasteiger partial charge in [-0.25, -0.2) is 4.39 Å². The lowest BCUT2D eigenvalue weighted by Crippen LogP contribution is -2.29. The smallest absolute Gasteiger partial charge is 0.123 e. The summed E-state index contributed by atoms with van der Waals surface area (Å²) < 4.78 is 13.3. The second-order valence-corrected chi connectivity index (χ2v) is 5.32. The fourth-order valence-electron chi connectivity index (χ4n) is 2.52. The number of hydrogen-bond donors (Lipinski definition) is 0.